The zero-order chi connectivity index (χ0) is 15.1. The van der Waals surface area contributed by atoms with E-state index >= 15 is 0 Å². The lowest BCUT2D eigenvalue weighted by atomic mass is 9.99. The Bertz CT molecular complexity index is 421. The first kappa shape index (κ1) is 16.5. The smallest absolute Gasteiger partial charge is 0.0622 e. The van der Waals surface area contributed by atoms with Gasteiger partial charge in [-0.25, -0.2) is 0 Å². The predicted molar refractivity (Wildman–Crippen MR) is 88.7 cm³/mol. The van der Waals surface area contributed by atoms with E-state index in [1.807, 2.05) is 0 Å². The predicted octanol–water partition coefficient (Wildman–Crippen LogP) is 3.15. The molecule has 0 aliphatic carbocycles. The second-order valence-electron chi connectivity index (χ2n) is 6.00. The maximum Gasteiger partial charge on any atom is 0.0622 e. The fourth-order valence-electron chi connectivity index (χ4n) is 3.11. The fourth-order valence-corrected chi connectivity index (χ4v) is 3.11. The Morgan fingerprint density at radius 3 is 2.86 bits per heavy atom. The number of nitrogens with zero attached hydrogens (tertiary/aromatic N) is 1. The summed E-state index contributed by atoms with van der Waals surface area (Å²) in [5.41, 5.74) is 2.82. The first-order valence-electron chi connectivity index (χ1n) is 8.37. The summed E-state index contributed by atoms with van der Waals surface area (Å²) in [6, 6.07) is 9.74. The van der Waals surface area contributed by atoms with Crippen LogP contribution in [0.1, 0.15) is 43.9 Å². The van der Waals surface area contributed by atoms with Crippen LogP contribution in [0.15, 0.2) is 24.3 Å². The number of rotatable bonds is 7. The van der Waals surface area contributed by atoms with E-state index in [0.717, 1.165) is 39.3 Å². The monoisotopic (exact) mass is 290 g/mol. The summed E-state index contributed by atoms with van der Waals surface area (Å²) in [6.07, 6.45) is 2.33. The van der Waals surface area contributed by atoms with Crippen LogP contribution in [-0.2, 0) is 4.74 Å². The molecule has 21 heavy (non-hydrogen) atoms. The Balaban J connectivity index is 2.10. The lowest BCUT2D eigenvalue weighted by Gasteiger charge is -2.38. The maximum atomic E-state index is 5.63. The van der Waals surface area contributed by atoms with E-state index in [1.54, 1.807) is 0 Å². The van der Waals surface area contributed by atoms with Crippen molar-refractivity contribution >= 4 is 0 Å². The van der Waals surface area contributed by atoms with Crippen molar-refractivity contribution in [3.8, 4) is 0 Å². The molecule has 0 bridgehead atoms. The molecule has 1 heterocycles. The molecule has 1 saturated heterocycles. The average Bonchev–Trinajstić information content (AvgIpc) is 2.52. The summed E-state index contributed by atoms with van der Waals surface area (Å²) < 4.78 is 5.63. The van der Waals surface area contributed by atoms with Crippen LogP contribution < -0.4 is 5.32 Å². The molecule has 2 unspecified atom stereocenters. The molecule has 118 valence electrons. The van der Waals surface area contributed by atoms with Gasteiger partial charge >= 0.3 is 0 Å². The van der Waals surface area contributed by atoms with Crippen LogP contribution in [0.3, 0.4) is 0 Å². The normalized spacial score (nSPS) is 21.4. The van der Waals surface area contributed by atoms with Crippen molar-refractivity contribution < 1.29 is 4.74 Å². The van der Waals surface area contributed by atoms with Crippen molar-refractivity contribution in [1.29, 1.82) is 0 Å². The maximum absolute atomic E-state index is 5.63. The summed E-state index contributed by atoms with van der Waals surface area (Å²) in [4.78, 5) is 2.60. The highest BCUT2D eigenvalue weighted by molar-refractivity contribution is 5.29. The number of nitrogens with one attached hydrogen (secondary N) is 1. The number of benzene rings is 1. The van der Waals surface area contributed by atoms with Gasteiger partial charge in [-0.05, 0) is 37.4 Å². The molecule has 1 aliphatic rings. The molecule has 0 amide bonds. The highest BCUT2D eigenvalue weighted by Gasteiger charge is 2.25. The van der Waals surface area contributed by atoms with Crippen molar-refractivity contribution in [2.75, 3.05) is 32.8 Å². The van der Waals surface area contributed by atoms with Gasteiger partial charge in [0.2, 0.25) is 0 Å². The summed E-state index contributed by atoms with van der Waals surface area (Å²) in [5.74, 6) is 0. The van der Waals surface area contributed by atoms with Gasteiger partial charge in [0.05, 0.1) is 13.2 Å². The van der Waals surface area contributed by atoms with Gasteiger partial charge in [0, 0.05) is 25.2 Å². The molecule has 3 heteroatoms. The van der Waals surface area contributed by atoms with Gasteiger partial charge in [0.15, 0.2) is 0 Å². The van der Waals surface area contributed by atoms with E-state index < -0.39 is 0 Å². The molecule has 0 spiro atoms. The van der Waals surface area contributed by atoms with Gasteiger partial charge in [0.25, 0.3) is 0 Å². The highest BCUT2D eigenvalue weighted by Crippen LogP contribution is 2.21. The van der Waals surface area contributed by atoms with Crippen molar-refractivity contribution in [2.45, 2.75) is 45.7 Å². The van der Waals surface area contributed by atoms with Crippen LogP contribution in [0.2, 0.25) is 0 Å². The third kappa shape index (κ3) is 4.53. The van der Waals surface area contributed by atoms with Crippen molar-refractivity contribution in [1.82, 2.24) is 10.2 Å². The largest absolute Gasteiger partial charge is 0.378 e. The molecule has 1 fully saturated rings. The van der Waals surface area contributed by atoms with Crippen LogP contribution >= 0.6 is 0 Å². The minimum Gasteiger partial charge on any atom is -0.378 e. The molecule has 0 saturated carbocycles. The van der Waals surface area contributed by atoms with Gasteiger partial charge < -0.3 is 10.1 Å². The number of morpholine rings is 1. The molecule has 0 radical (unpaired) electrons. The van der Waals surface area contributed by atoms with Crippen molar-refractivity contribution in [3.05, 3.63) is 35.4 Å². The third-order valence-corrected chi connectivity index (χ3v) is 4.44. The first-order valence-corrected chi connectivity index (χ1v) is 8.37. The summed E-state index contributed by atoms with van der Waals surface area (Å²) in [7, 11) is 0. The van der Waals surface area contributed by atoms with Crippen molar-refractivity contribution in [3.63, 3.8) is 0 Å². The topological polar surface area (TPSA) is 24.5 Å². The van der Waals surface area contributed by atoms with Gasteiger partial charge in [-0.3, -0.25) is 4.90 Å². The zero-order valence-electron chi connectivity index (χ0n) is 13.8. The lowest BCUT2D eigenvalue weighted by Crippen LogP contribution is -2.48. The van der Waals surface area contributed by atoms with E-state index in [9.17, 15) is 0 Å². The highest BCUT2D eigenvalue weighted by atomic mass is 16.5. The van der Waals surface area contributed by atoms with Crippen LogP contribution in [0.4, 0.5) is 0 Å². The van der Waals surface area contributed by atoms with E-state index in [0.29, 0.717) is 12.1 Å². The molecule has 3 nitrogen and oxygen atoms in total. The quantitative estimate of drug-likeness (QED) is 0.835. The summed E-state index contributed by atoms with van der Waals surface area (Å²) in [6.45, 7) is 11.6. The van der Waals surface area contributed by atoms with Gasteiger partial charge in [-0.1, -0.05) is 38.1 Å². The molecule has 1 aliphatic heterocycles. The minimum absolute atomic E-state index is 0.415. The molecule has 2 rings (SSSR count). The first-order chi connectivity index (χ1) is 10.3. The molecule has 2 atom stereocenters. The van der Waals surface area contributed by atoms with Gasteiger partial charge in [0.1, 0.15) is 0 Å². The molecule has 0 aromatic heterocycles. The lowest BCUT2D eigenvalue weighted by molar-refractivity contribution is -0.0127. The molecular formula is C18H30N2O. The molecular weight excluding hydrogens is 260 g/mol. The van der Waals surface area contributed by atoms with E-state index in [1.165, 1.54) is 17.5 Å². The van der Waals surface area contributed by atoms with E-state index in [-0.39, 0.29) is 0 Å². The number of hydrogen-bond donors (Lipinski definition) is 1. The van der Waals surface area contributed by atoms with E-state index in [4.69, 9.17) is 4.74 Å². The minimum atomic E-state index is 0.415. The van der Waals surface area contributed by atoms with Crippen LogP contribution in [0, 0.1) is 6.92 Å². The number of aryl methyl sites for hydroxylation is 1. The van der Waals surface area contributed by atoms with Gasteiger partial charge in [-0.15, -0.1) is 0 Å². The van der Waals surface area contributed by atoms with Crippen LogP contribution in [-0.4, -0.2) is 43.8 Å². The Morgan fingerprint density at radius 1 is 1.33 bits per heavy atom. The Labute approximate surface area is 129 Å². The Morgan fingerprint density at radius 2 is 2.14 bits per heavy atom. The standard InChI is InChI=1S/C18H30N2O/c1-4-10-19-18(17-9-7-6-8-15(17)3)13-20-11-12-21-14-16(20)5-2/h6-9,16,18-19H,4-5,10-14H2,1-3H3. The summed E-state index contributed by atoms with van der Waals surface area (Å²) in [5, 5.41) is 3.74. The van der Waals surface area contributed by atoms with Crippen LogP contribution in [0.25, 0.3) is 0 Å². The Kier molecular flexibility index (Phi) is 6.68. The second kappa shape index (κ2) is 8.52. The molecule has 1 aromatic rings. The number of ether oxygens (including phenoxy) is 1. The second-order valence-corrected chi connectivity index (χ2v) is 6.00. The molecule has 1 N–H and O–H groups in total. The van der Waals surface area contributed by atoms with Crippen LogP contribution in [0.5, 0.6) is 0 Å². The fraction of sp³-hybridized carbons (Fsp3) is 0.667. The number of hydrogen-bond acceptors (Lipinski definition) is 3. The SMILES string of the molecule is CCCNC(CN1CCOCC1CC)c1ccccc1C. The average molecular weight is 290 g/mol. The zero-order valence-corrected chi connectivity index (χ0v) is 13.8. The van der Waals surface area contributed by atoms with E-state index in [2.05, 4.69) is 55.3 Å². The third-order valence-electron chi connectivity index (χ3n) is 4.44. The molecule has 1 aromatic carbocycles. The summed E-state index contributed by atoms with van der Waals surface area (Å²) >= 11 is 0. The van der Waals surface area contributed by atoms with Crippen molar-refractivity contribution in [2.24, 2.45) is 0 Å². The van der Waals surface area contributed by atoms with Gasteiger partial charge in [-0.2, -0.15) is 0 Å². The Hall–Kier alpha value is -0.900.